The normalized spacial score (nSPS) is 19.2. The van der Waals surface area contributed by atoms with Gasteiger partial charge in [0.05, 0.1) is 17.5 Å². The van der Waals surface area contributed by atoms with Crippen LogP contribution >= 0.6 is 11.3 Å². The summed E-state index contributed by atoms with van der Waals surface area (Å²) < 4.78 is 13.9. The van der Waals surface area contributed by atoms with Gasteiger partial charge in [-0.1, -0.05) is 30.1 Å². The molecule has 3 aromatic heterocycles. The van der Waals surface area contributed by atoms with Crippen molar-refractivity contribution in [3.63, 3.8) is 0 Å². The number of allylic oxidation sites excluding steroid dienone is 3. The fourth-order valence-corrected chi connectivity index (χ4v) is 3.67. The van der Waals surface area contributed by atoms with Gasteiger partial charge < -0.3 is 4.98 Å². The Balaban J connectivity index is 1.61. The number of nitrogens with zero attached hydrogens (tertiary/aromatic N) is 5. The van der Waals surface area contributed by atoms with E-state index in [1.165, 1.54) is 28.3 Å². The molecule has 4 rings (SSSR count). The molecular weight excluding hydrogens is 355 g/mol. The van der Waals surface area contributed by atoms with E-state index in [1.807, 2.05) is 6.92 Å². The molecule has 0 aromatic carbocycles. The molecule has 0 unspecified atom stereocenters. The van der Waals surface area contributed by atoms with E-state index < -0.39 is 6.17 Å². The van der Waals surface area contributed by atoms with Crippen molar-refractivity contribution >= 4 is 16.9 Å². The van der Waals surface area contributed by atoms with E-state index in [-0.39, 0.29) is 11.3 Å². The average Bonchev–Trinajstić information content (AvgIpc) is 3.35. The second-order valence-electron chi connectivity index (χ2n) is 6.02. The highest BCUT2D eigenvalue weighted by molar-refractivity contribution is 7.15. The molecule has 1 N–H and O–H groups in total. The van der Waals surface area contributed by atoms with Crippen molar-refractivity contribution < 1.29 is 4.39 Å². The Morgan fingerprint density at radius 1 is 1.46 bits per heavy atom. The monoisotopic (exact) mass is 370 g/mol. The second-order valence-corrected chi connectivity index (χ2v) is 7.00. The van der Waals surface area contributed by atoms with Crippen molar-refractivity contribution in [2.24, 2.45) is 5.92 Å². The van der Waals surface area contributed by atoms with E-state index in [1.54, 1.807) is 18.5 Å². The van der Waals surface area contributed by atoms with Gasteiger partial charge in [-0.25, -0.2) is 4.39 Å². The lowest BCUT2D eigenvalue weighted by molar-refractivity contribution is 0.347. The predicted molar refractivity (Wildman–Crippen MR) is 96.8 cm³/mol. The van der Waals surface area contributed by atoms with Crippen LogP contribution in [0.25, 0.3) is 22.0 Å². The first-order chi connectivity index (χ1) is 12.5. The minimum atomic E-state index is -1.05. The quantitative estimate of drug-likeness (QED) is 0.713. The molecule has 7 nitrogen and oxygen atoms in total. The number of aromatic amines is 1. The summed E-state index contributed by atoms with van der Waals surface area (Å²) in [6, 6.07) is 1.41. The van der Waals surface area contributed by atoms with Crippen LogP contribution in [0.4, 0.5) is 4.39 Å². The first kappa shape index (κ1) is 16.5. The van der Waals surface area contributed by atoms with Gasteiger partial charge >= 0.3 is 0 Å². The van der Waals surface area contributed by atoms with Crippen molar-refractivity contribution in [1.29, 1.82) is 0 Å². The highest BCUT2D eigenvalue weighted by Gasteiger charge is 2.27. The molecule has 0 fully saturated rings. The molecule has 1 aliphatic carbocycles. The number of alkyl halides is 1. The van der Waals surface area contributed by atoms with Crippen molar-refractivity contribution in [2.45, 2.75) is 19.5 Å². The number of rotatable bonds is 4. The lowest BCUT2D eigenvalue weighted by Gasteiger charge is -2.12. The standard InChI is InChI=1S/C17H15FN6OS/c1-9-7-20-24(23-9)15-6-14(25)12(8-19-15)17-22-21-16(26-17)10(2)11-4-3-5-13(11)18/h3,5-8,11,13H,2,4H2,1H3,(H,19,25)/t11-,13+/m1/s1. The number of nitrogens with one attached hydrogen (secondary N) is 1. The maximum absolute atomic E-state index is 13.9. The minimum absolute atomic E-state index is 0.229. The summed E-state index contributed by atoms with van der Waals surface area (Å²) in [7, 11) is 0. The Kier molecular flexibility index (Phi) is 4.08. The molecule has 3 aromatic rings. The molecule has 9 heteroatoms. The van der Waals surface area contributed by atoms with Crippen molar-refractivity contribution in [3.8, 4) is 16.4 Å². The third-order valence-corrected chi connectivity index (χ3v) is 5.22. The Morgan fingerprint density at radius 2 is 2.31 bits per heavy atom. The first-order valence-corrected chi connectivity index (χ1v) is 8.80. The number of hydrogen-bond acceptors (Lipinski definition) is 6. The molecule has 0 radical (unpaired) electrons. The van der Waals surface area contributed by atoms with Crippen LogP contribution in [0.2, 0.25) is 0 Å². The molecule has 132 valence electrons. The van der Waals surface area contributed by atoms with Gasteiger partial charge in [0.15, 0.2) is 16.3 Å². The van der Waals surface area contributed by atoms with Crippen LogP contribution in [0, 0.1) is 12.8 Å². The summed E-state index contributed by atoms with van der Waals surface area (Å²) in [6.07, 6.45) is 6.04. The van der Waals surface area contributed by atoms with Crippen LogP contribution in [0.15, 0.2) is 42.0 Å². The molecule has 0 spiro atoms. The Hall–Kier alpha value is -2.94. The number of halogens is 1. The van der Waals surface area contributed by atoms with E-state index in [2.05, 4.69) is 32.0 Å². The molecule has 2 atom stereocenters. The summed E-state index contributed by atoms with van der Waals surface area (Å²) in [5.74, 6) is 0.142. The molecule has 0 saturated heterocycles. The molecule has 3 heterocycles. The zero-order chi connectivity index (χ0) is 18.3. The average molecular weight is 370 g/mol. The number of aromatic nitrogens is 6. The zero-order valence-electron chi connectivity index (χ0n) is 13.9. The Labute approximate surface area is 151 Å². The number of H-pyrrole nitrogens is 1. The largest absolute Gasteiger partial charge is 0.344 e. The lowest BCUT2D eigenvalue weighted by atomic mass is 9.97. The van der Waals surface area contributed by atoms with Gasteiger partial charge in [-0.2, -0.15) is 10.2 Å². The number of aryl methyl sites for hydroxylation is 1. The first-order valence-electron chi connectivity index (χ1n) is 7.99. The molecule has 0 aliphatic heterocycles. The number of hydrogen-bond donors (Lipinski definition) is 1. The molecule has 0 bridgehead atoms. The SMILES string of the molecule is C=C(c1nnc(-c2c[nH]c(-n3ncc(C)n3)cc2=O)s1)[C@H]1CC=C[C@@H]1F. The van der Waals surface area contributed by atoms with Gasteiger partial charge in [0.25, 0.3) is 0 Å². The fourth-order valence-electron chi connectivity index (χ4n) is 2.77. The summed E-state index contributed by atoms with van der Waals surface area (Å²) in [6.45, 7) is 5.78. The molecule has 26 heavy (non-hydrogen) atoms. The van der Waals surface area contributed by atoms with Crippen LogP contribution in [0.5, 0.6) is 0 Å². The molecular formula is C17H15FN6OS. The highest BCUT2D eigenvalue weighted by Crippen LogP contribution is 2.36. The molecule has 0 amide bonds. The van der Waals surface area contributed by atoms with Gasteiger partial charge in [0.2, 0.25) is 0 Å². The zero-order valence-corrected chi connectivity index (χ0v) is 14.7. The third kappa shape index (κ3) is 2.90. The van der Waals surface area contributed by atoms with Gasteiger partial charge in [-0.3, -0.25) is 4.79 Å². The van der Waals surface area contributed by atoms with Crippen LogP contribution in [0.1, 0.15) is 17.1 Å². The van der Waals surface area contributed by atoms with E-state index in [0.29, 0.717) is 33.4 Å². The van der Waals surface area contributed by atoms with E-state index in [9.17, 15) is 9.18 Å². The van der Waals surface area contributed by atoms with E-state index in [4.69, 9.17) is 0 Å². The Morgan fingerprint density at radius 3 is 2.96 bits per heavy atom. The maximum Gasteiger partial charge on any atom is 0.194 e. The topological polar surface area (TPSA) is 89.3 Å². The lowest BCUT2D eigenvalue weighted by Crippen LogP contribution is -2.10. The van der Waals surface area contributed by atoms with Gasteiger partial charge in [-0.05, 0) is 18.9 Å². The van der Waals surface area contributed by atoms with Gasteiger partial charge in [0, 0.05) is 18.2 Å². The second kappa shape index (κ2) is 6.41. The highest BCUT2D eigenvalue weighted by atomic mass is 32.1. The van der Waals surface area contributed by atoms with E-state index in [0.717, 1.165) is 5.69 Å². The summed E-state index contributed by atoms with van der Waals surface area (Å²) in [5, 5.41) is 17.4. The Bertz CT molecular complexity index is 1070. The van der Waals surface area contributed by atoms with Crippen LogP contribution in [-0.2, 0) is 0 Å². The predicted octanol–water partition coefficient (Wildman–Crippen LogP) is 2.71. The van der Waals surface area contributed by atoms with Crippen LogP contribution in [0.3, 0.4) is 0 Å². The van der Waals surface area contributed by atoms with Crippen LogP contribution in [-0.4, -0.2) is 36.3 Å². The third-order valence-electron chi connectivity index (χ3n) is 4.19. The minimum Gasteiger partial charge on any atom is -0.344 e. The fraction of sp³-hybridized carbons (Fsp3) is 0.235. The number of pyridine rings is 1. The van der Waals surface area contributed by atoms with Crippen molar-refractivity contribution in [2.75, 3.05) is 0 Å². The summed E-state index contributed by atoms with van der Waals surface area (Å²) in [4.78, 5) is 16.8. The summed E-state index contributed by atoms with van der Waals surface area (Å²) in [5.41, 5.74) is 1.51. The maximum atomic E-state index is 13.9. The van der Waals surface area contributed by atoms with Gasteiger partial charge in [-0.15, -0.1) is 15.0 Å². The molecule has 0 saturated carbocycles. The smallest absolute Gasteiger partial charge is 0.194 e. The van der Waals surface area contributed by atoms with E-state index >= 15 is 0 Å². The van der Waals surface area contributed by atoms with Crippen LogP contribution < -0.4 is 5.43 Å². The van der Waals surface area contributed by atoms with Gasteiger partial charge in [0.1, 0.15) is 11.2 Å². The van der Waals surface area contributed by atoms with Crippen molar-refractivity contribution in [1.82, 2.24) is 30.2 Å². The van der Waals surface area contributed by atoms with Crippen molar-refractivity contribution in [3.05, 3.63) is 58.1 Å². The molecule has 1 aliphatic rings. The summed E-state index contributed by atoms with van der Waals surface area (Å²) >= 11 is 1.23.